The number of hydrogen-bond donors (Lipinski definition) is 1. The summed E-state index contributed by atoms with van der Waals surface area (Å²) in [5.74, 6) is -0.372. The number of esters is 1. The van der Waals surface area contributed by atoms with E-state index in [2.05, 4.69) is 5.32 Å². The highest BCUT2D eigenvalue weighted by atomic mass is 16.5. The van der Waals surface area contributed by atoms with Gasteiger partial charge in [-0.05, 0) is 53.1 Å². The summed E-state index contributed by atoms with van der Waals surface area (Å²) in [7, 11) is 0. The van der Waals surface area contributed by atoms with E-state index in [0.717, 1.165) is 18.7 Å². The van der Waals surface area contributed by atoms with Crippen molar-refractivity contribution in [2.24, 2.45) is 0 Å². The zero-order valence-electron chi connectivity index (χ0n) is 15.5. The highest BCUT2D eigenvalue weighted by molar-refractivity contribution is 6.03. The molecule has 0 aliphatic carbocycles. The van der Waals surface area contributed by atoms with Gasteiger partial charge in [-0.2, -0.15) is 0 Å². The second-order valence-corrected chi connectivity index (χ2v) is 5.55. The minimum Gasteiger partial charge on any atom is -0.461 e. The molecule has 1 rings (SSSR count). The monoisotopic (exact) mass is 338 g/mol. The van der Waals surface area contributed by atoms with Crippen molar-refractivity contribution in [3.05, 3.63) is 22.5 Å². The third-order valence-electron chi connectivity index (χ3n) is 3.96. The van der Waals surface area contributed by atoms with Gasteiger partial charge in [-0.25, -0.2) is 4.79 Å². The molecule has 6 nitrogen and oxygen atoms in total. The third-order valence-corrected chi connectivity index (χ3v) is 3.96. The molecule has 24 heavy (non-hydrogen) atoms. The summed E-state index contributed by atoms with van der Waals surface area (Å²) in [6.07, 6.45) is 0.864. The van der Waals surface area contributed by atoms with Gasteiger partial charge < -0.3 is 19.4 Å². The fraction of sp³-hybridized carbons (Fsp3) is 0.667. The van der Waals surface area contributed by atoms with Crippen LogP contribution in [0.25, 0.3) is 0 Å². The fourth-order valence-corrected chi connectivity index (χ4v) is 2.90. The quantitative estimate of drug-likeness (QED) is 0.381. The first kappa shape index (κ1) is 20.4. The molecule has 136 valence electrons. The Hall–Kier alpha value is -1.66. The van der Waals surface area contributed by atoms with Crippen LogP contribution in [0.3, 0.4) is 0 Å². The summed E-state index contributed by atoms with van der Waals surface area (Å²) in [4.78, 5) is 24.8. The van der Waals surface area contributed by atoms with Gasteiger partial charge in [-0.1, -0.05) is 0 Å². The SMILES string of the molecule is CCOCCCNCC(=O)c1c(C)c(C(=O)OCC)n(CC)c1C. The molecule has 0 radical (unpaired) electrons. The predicted octanol–water partition coefficient (Wildman–Crippen LogP) is 2.50. The summed E-state index contributed by atoms with van der Waals surface area (Å²) in [5.41, 5.74) is 2.63. The van der Waals surface area contributed by atoms with E-state index in [9.17, 15) is 9.59 Å². The molecule has 6 heteroatoms. The lowest BCUT2D eigenvalue weighted by Crippen LogP contribution is -2.25. The summed E-state index contributed by atoms with van der Waals surface area (Å²) in [6.45, 7) is 12.7. The molecule has 0 amide bonds. The number of hydrogen-bond acceptors (Lipinski definition) is 5. The second kappa shape index (κ2) is 10.3. The molecular formula is C18H30N2O4. The number of ketones is 1. The number of nitrogens with one attached hydrogen (secondary N) is 1. The van der Waals surface area contributed by atoms with E-state index in [1.807, 2.05) is 32.3 Å². The van der Waals surface area contributed by atoms with Crippen LogP contribution in [0, 0.1) is 13.8 Å². The van der Waals surface area contributed by atoms with Gasteiger partial charge in [0.05, 0.1) is 13.2 Å². The summed E-state index contributed by atoms with van der Waals surface area (Å²) < 4.78 is 12.3. The zero-order chi connectivity index (χ0) is 18.1. The lowest BCUT2D eigenvalue weighted by Gasteiger charge is -2.08. The Bertz CT molecular complexity index is 564. The topological polar surface area (TPSA) is 69.6 Å². The van der Waals surface area contributed by atoms with Crippen molar-refractivity contribution in [3.63, 3.8) is 0 Å². The van der Waals surface area contributed by atoms with Crippen LogP contribution in [-0.2, 0) is 16.0 Å². The van der Waals surface area contributed by atoms with Gasteiger partial charge in [0.1, 0.15) is 5.69 Å². The van der Waals surface area contributed by atoms with Crippen LogP contribution in [0.2, 0.25) is 0 Å². The maximum atomic E-state index is 12.6. The summed E-state index contributed by atoms with van der Waals surface area (Å²) >= 11 is 0. The van der Waals surface area contributed by atoms with Crippen molar-refractivity contribution in [3.8, 4) is 0 Å². The van der Waals surface area contributed by atoms with Gasteiger partial charge in [0.15, 0.2) is 5.78 Å². The number of carbonyl (C=O) groups is 2. The number of rotatable bonds is 11. The standard InChI is InChI=1S/C18H30N2O4/c1-6-20-14(5)16(13(4)17(20)18(22)24-8-3)15(21)12-19-10-9-11-23-7-2/h19H,6-12H2,1-5H3. The first-order valence-corrected chi connectivity index (χ1v) is 8.67. The van der Waals surface area contributed by atoms with Gasteiger partial charge in [0.2, 0.25) is 0 Å². The van der Waals surface area contributed by atoms with Crippen LogP contribution in [0.15, 0.2) is 0 Å². The van der Waals surface area contributed by atoms with Crippen molar-refractivity contribution in [2.75, 3.05) is 32.9 Å². The molecule has 0 saturated heterocycles. The molecule has 1 N–H and O–H groups in total. The maximum Gasteiger partial charge on any atom is 0.355 e. The molecule has 1 aromatic rings. The van der Waals surface area contributed by atoms with E-state index in [0.29, 0.717) is 43.2 Å². The van der Waals surface area contributed by atoms with E-state index in [4.69, 9.17) is 9.47 Å². The minimum absolute atomic E-state index is 0.000779. The molecule has 0 aromatic carbocycles. The first-order valence-electron chi connectivity index (χ1n) is 8.67. The summed E-state index contributed by atoms with van der Waals surface area (Å²) in [6, 6.07) is 0. The second-order valence-electron chi connectivity index (χ2n) is 5.55. The van der Waals surface area contributed by atoms with Gasteiger partial charge >= 0.3 is 5.97 Å². The molecular weight excluding hydrogens is 308 g/mol. The van der Waals surface area contributed by atoms with Crippen LogP contribution in [0.1, 0.15) is 59.3 Å². The normalized spacial score (nSPS) is 10.9. The van der Waals surface area contributed by atoms with Gasteiger partial charge in [-0.3, -0.25) is 4.79 Å². The molecule has 1 heterocycles. The van der Waals surface area contributed by atoms with E-state index >= 15 is 0 Å². The largest absolute Gasteiger partial charge is 0.461 e. The van der Waals surface area contributed by atoms with E-state index in [1.165, 1.54) is 0 Å². The number of aromatic nitrogens is 1. The van der Waals surface area contributed by atoms with Crippen LogP contribution in [-0.4, -0.2) is 49.2 Å². The van der Waals surface area contributed by atoms with E-state index in [1.54, 1.807) is 6.92 Å². The minimum atomic E-state index is -0.372. The predicted molar refractivity (Wildman–Crippen MR) is 93.8 cm³/mol. The number of carbonyl (C=O) groups excluding carboxylic acids is 2. The Morgan fingerprint density at radius 2 is 1.83 bits per heavy atom. The molecule has 0 saturated carbocycles. The van der Waals surface area contributed by atoms with E-state index in [-0.39, 0.29) is 18.3 Å². The molecule has 0 atom stereocenters. The third kappa shape index (κ3) is 4.92. The number of ether oxygens (including phenoxy) is 2. The Morgan fingerprint density at radius 1 is 1.12 bits per heavy atom. The lowest BCUT2D eigenvalue weighted by atomic mass is 10.1. The van der Waals surface area contributed by atoms with Crippen LogP contribution in [0.4, 0.5) is 0 Å². The lowest BCUT2D eigenvalue weighted by molar-refractivity contribution is 0.0512. The molecule has 0 aliphatic rings. The highest BCUT2D eigenvalue weighted by Gasteiger charge is 2.26. The Kier molecular flexibility index (Phi) is 8.71. The molecule has 0 fully saturated rings. The van der Waals surface area contributed by atoms with Crippen LogP contribution >= 0.6 is 0 Å². The maximum absolute atomic E-state index is 12.6. The van der Waals surface area contributed by atoms with Crippen molar-refractivity contribution in [1.29, 1.82) is 0 Å². The average Bonchev–Trinajstić information content (AvgIpc) is 2.81. The molecule has 0 aliphatic heterocycles. The van der Waals surface area contributed by atoms with Gasteiger partial charge in [0, 0.05) is 31.0 Å². The Balaban J connectivity index is 2.83. The van der Waals surface area contributed by atoms with Crippen molar-refractivity contribution in [2.45, 2.75) is 47.6 Å². The molecule has 0 spiro atoms. The summed E-state index contributed by atoms with van der Waals surface area (Å²) in [5, 5.41) is 3.14. The van der Waals surface area contributed by atoms with Crippen LogP contribution < -0.4 is 5.32 Å². The zero-order valence-corrected chi connectivity index (χ0v) is 15.5. The number of nitrogens with zero attached hydrogens (tertiary/aromatic N) is 1. The first-order chi connectivity index (χ1) is 11.5. The molecule has 0 bridgehead atoms. The van der Waals surface area contributed by atoms with E-state index < -0.39 is 0 Å². The van der Waals surface area contributed by atoms with Gasteiger partial charge in [0.25, 0.3) is 0 Å². The smallest absolute Gasteiger partial charge is 0.355 e. The van der Waals surface area contributed by atoms with Crippen molar-refractivity contribution >= 4 is 11.8 Å². The van der Waals surface area contributed by atoms with Gasteiger partial charge in [-0.15, -0.1) is 0 Å². The fourth-order valence-electron chi connectivity index (χ4n) is 2.90. The van der Waals surface area contributed by atoms with Crippen LogP contribution in [0.5, 0.6) is 0 Å². The van der Waals surface area contributed by atoms with Crippen molar-refractivity contribution in [1.82, 2.24) is 9.88 Å². The Morgan fingerprint density at radius 3 is 2.42 bits per heavy atom. The Labute approximate surface area is 144 Å². The molecule has 0 unspecified atom stereocenters. The van der Waals surface area contributed by atoms with Crippen molar-refractivity contribution < 1.29 is 19.1 Å². The molecule has 1 aromatic heterocycles. The number of Topliss-reactive ketones (excluding diaryl/α,β-unsaturated/α-hetero) is 1. The average molecular weight is 338 g/mol. The highest BCUT2D eigenvalue weighted by Crippen LogP contribution is 2.23.